The summed E-state index contributed by atoms with van der Waals surface area (Å²) in [5.74, 6) is 0. The maximum absolute atomic E-state index is 10.1. The van der Waals surface area contributed by atoms with Crippen molar-refractivity contribution < 1.29 is 9.22 Å². The molecule has 18 heavy (non-hydrogen) atoms. The third kappa shape index (κ3) is 3.77. The molecule has 4 heteroatoms. The van der Waals surface area contributed by atoms with E-state index >= 15 is 0 Å². The number of hydrogen-bond donors (Lipinski definition) is 0. The van der Waals surface area contributed by atoms with E-state index in [4.69, 9.17) is 4.43 Å². The van der Waals surface area contributed by atoms with Crippen LogP contribution >= 0.6 is 0 Å². The van der Waals surface area contributed by atoms with E-state index in [0.717, 1.165) is 25.3 Å². The summed E-state index contributed by atoms with van der Waals surface area (Å²) in [6, 6.07) is 3.63. The van der Waals surface area contributed by atoms with Gasteiger partial charge in [0.1, 0.15) is 0 Å². The van der Waals surface area contributed by atoms with Crippen molar-refractivity contribution in [2.45, 2.75) is 76.6 Å². The molecule has 1 unspecified atom stereocenters. The fraction of sp³-hybridized carbons (Fsp3) is 0.929. The van der Waals surface area contributed by atoms with Gasteiger partial charge in [-0.3, -0.25) is 0 Å². The van der Waals surface area contributed by atoms with Crippen molar-refractivity contribution in [3.8, 4) is 0 Å². The van der Waals surface area contributed by atoms with Gasteiger partial charge in [0.2, 0.25) is 6.08 Å². The second kappa shape index (κ2) is 7.22. The minimum atomic E-state index is -1.57. The Kier molecular flexibility index (Phi) is 6.26. The van der Waals surface area contributed by atoms with Gasteiger partial charge in [-0.25, -0.2) is 9.79 Å². The van der Waals surface area contributed by atoms with E-state index in [1.165, 1.54) is 24.9 Å². The van der Waals surface area contributed by atoms with Gasteiger partial charge in [0, 0.05) is 0 Å². The number of rotatable bonds is 7. The van der Waals surface area contributed by atoms with E-state index in [1.54, 1.807) is 6.08 Å². The first kappa shape index (κ1) is 15.6. The zero-order chi connectivity index (χ0) is 13.5. The molecule has 0 amide bonds. The number of nitrogens with zero attached hydrogens (tertiary/aromatic N) is 1. The Hall–Kier alpha value is -0.443. The predicted octanol–water partition coefficient (Wildman–Crippen LogP) is 4.05. The quantitative estimate of drug-likeness (QED) is 0.303. The molecule has 1 aliphatic heterocycles. The molecule has 1 saturated heterocycles. The molecule has 1 aliphatic rings. The molecule has 1 heterocycles. The highest BCUT2D eigenvalue weighted by molar-refractivity contribution is 6.74. The summed E-state index contributed by atoms with van der Waals surface area (Å²) in [5, 5.41) is 0. The normalized spacial score (nSPS) is 26.6. The van der Waals surface area contributed by atoms with Gasteiger partial charge in [0.05, 0.1) is 12.1 Å². The van der Waals surface area contributed by atoms with Crippen molar-refractivity contribution in [3.63, 3.8) is 0 Å². The van der Waals surface area contributed by atoms with Crippen molar-refractivity contribution in [1.82, 2.24) is 0 Å². The maximum atomic E-state index is 10.1. The van der Waals surface area contributed by atoms with Crippen molar-refractivity contribution >= 4 is 14.4 Å². The average Bonchev–Trinajstić information content (AvgIpc) is 2.44. The second-order valence-electron chi connectivity index (χ2n) is 5.46. The first-order valence-corrected chi connectivity index (χ1v) is 9.92. The molecule has 0 saturated carbocycles. The molecule has 1 rings (SSSR count). The molecule has 1 fully saturated rings. The molecule has 0 aromatic carbocycles. The minimum Gasteiger partial charge on any atom is -0.411 e. The second-order valence-corrected chi connectivity index (χ2v) is 9.74. The van der Waals surface area contributed by atoms with E-state index in [0.29, 0.717) is 6.54 Å². The van der Waals surface area contributed by atoms with E-state index in [2.05, 4.69) is 25.8 Å². The molecule has 0 aliphatic carbocycles. The Bertz CT molecular complexity index is 298. The van der Waals surface area contributed by atoms with Gasteiger partial charge >= 0.3 is 0 Å². The Labute approximate surface area is 112 Å². The van der Waals surface area contributed by atoms with Gasteiger partial charge in [-0.15, -0.1) is 0 Å². The zero-order valence-electron chi connectivity index (χ0n) is 12.1. The highest BCUT2D eigenvalue weighted by Crippen LogP contribution is 2.41. The monoisotopic (exact) mass is 269 g/mol. The molecule has 0 N–H and O–H groups in total. The molecular formula is C14H27NO2Si. The third-order valence-electron chi connectivity index (χ3n) is 4.60. The first-order chi connectivity index (χ1) is 8.66. The van der Waals surface area contributed by atoms with Crippen LogP contribution in [-0.2, 0) is 9.22 Å². The summed E-state index contributed by atoms with van der Waals surface area (Å²) in [7, 11) is -1.57. The molecule has 0 aromatic rings. The molecule has 0 bridgehead atoms. The molecule has 0 spiro atoms. The Morgan fingerprint density at radius 1 is 1.33 bits per heavy atom. The largest absolute Gasteiger partial charge is 0.411 e. The lowest BCUT2D eigenvalue weighted by Gasteiger charge is -2.47. The van der Waals surface area contributed by atoms with Crippen LogP contribution in [0.15, 0.2) is 4.99 Å². The van der Waals surface area contributed by atoms with Gasteiger partial charge < -0.3 is 4.43 Å². The lowest BCUT2D eigenvalue weighted by molar-refractivity contribution is 0.0231. The summed E-state index contributed by atoms with van der Waals surface area (Å²) in [5.41, 5.74) is 0.147. The lowest BCUT2D eigenvalue weighted by atomic mass is 9.92. The van der Waals surface area contributed by atoms with E-state index < -0.39 is 8.32 Å². The van der Waals surface area contributed by atoms with E-state index in [-0.39, 0.29) is 5.60 Å². The van der Waals surface area contributed by atoms with E-state index in [1.807, 2.05) is 0 Å². The summed E-state index contributed by atoms with van der Waals surface area (Å²) in [6.07, 6.45) is 7.41. The van der Waals surface area contributed by atoms with E-state index in [9.17, 15) is 4.79 Å². The van der Waals surface area contributed by atoms with Gasteiger partial charge in [-0.2, -0.15) is 0 Å². The highest BCUT2D eigenvalue weighted by Gasteiger charge is 2.44. The van der Waals surface area contributed by atoms with Crippen LogP contribution in [0.2, 0.25) is 18.1 Å². The molecule has 1 atom stereocenters. The molecule has 0 radical (unpaired) electrons. The van der Waals surface area contributed by atoms with Gasteiger partial charge in [-0.05, 0) is 43.8 Å². The fourth-order valence-corrected chi connectivity index (χ4v) is 7.41. The van der Waals surface area contributed by atoms with Crippen molar-refractivity contribution in [2.75, 3.05) is 6.54 Å². The summed E-state index contributed by atoms with van der Waals surface area (Å²) >= 11 is 0. The van der Waals surface area contributed by atoms with Crippen LogP contribution in [0.3, 0.4) is 0 Å². The predicted molar refractivity (Wildman–Crippen MR) is 77.1 cm³/mol. The Morgan fingerprint density at radius 3 is 2.61 bits per heavy atom. The van der Waals surface area contributed by atoms with Crippen molar-refractivity contribution in [2.24, 2.45) is 4.99 Å². The maximum Gasteiger partial charge on any atom is 0.234 e. The smallest absolute Gasteiger partial charge is 0.234 e. The highest BCUT2D eigenvalue weighted by atomic mass is 28.4. The number of isocyanates is 1. The molecule has 0 aromatic heterocycles. The lowest BCUT2D eigenvalue weighted by Crippen LogP contribution is -2.51. The fourth-order valence-electron chi connectivity index (χ4n) is 3.17. The van der Waals surface area contributed by atoms with Crippen LogP contribution in [0, 0.1) is 0 Å². The summed E-state index contributed by atoms with van der Waals surface area (Å²) < 4.78 is 6.69. The summed E-state index contributed by atoms with van der Waals surface area (Å²) in [6.45, 7) is 7.39. The zero-order valence-corrected chi connectivity index (χ0v) is 13.1. The van der Waals surface area contributed by atoms with Gasteiger partial charge in [-0.1, -0.05) is 27.2 Å². The SMILES string of the molecule is CCC1(CC)CCC[Si](CC)(CCCN=C=O)O1. The average molecular weight is 269 g/mol. The molecular weight excluding hydrogens is 242 g/mol. The van der Waals surface area contributed by atoms with Gasteiger partial charge in [0.25, 0.3) is 0 Å². The standard InChI is InChI=1S/C14H27NO2Si/c1-4-14(5-2)9-7-11-18(6-3,17-14)12-8-10-15-13-16/h4-12H2,1-3H3. The minimum absolute atomic E-state index is 0.147. The van der Waals surface area contributed by atoms with Gasteiger partial charge in [0.15, 0.2) is 8.32 Å². The Morgan fingerprint density at radius 2 is 2.06 bits per heavy atom. The number of hydrogen-bond acceptors (Lipinski definition) is 3. The Balaban J connectivity index is 2.64. The van der Waals surface area contributed by atoms with Crippen LogP contribution in [0.1, 0.15) is 52.9 Å². The molecule has 104 valence electrons. The van der Waals surface area contributed by atoms with Crippen molar-refractivity contribution in [1.29, 1.82) is 0 Å². The van der Waals surface area contributed by atoms with Crippen LogP contribution in [-0.4, -0.2) is 26.5 Å². The number of carbonyl (C=O) groups excluding carboxylic acids is 1. The van der Waals surface area contributed by atoms with Crippen LogP contribution in [0.5, 0.6) is 0 Å². The molecule has 3 nitrogen and oxygen atoms in total. The third-order valence-corrected chi connectivity index (χ3v) is 9.28. The topological polar surface area (TPSA) is 38.7 Å². The van der Waals surface area contributed by atoms with Crippen LogP contribution in [0.4, 0.5) is 0 Å². The first-order valence-electron chi connectivity index (χ1n) is 7.39. The number of aliphatic imine (C=N–C) groups is 1. The van der Waals surface area contributed by atoms with Crippen LogP contribution in [0.25, 0.3) is 0 Å². The van der Waals surface area contributed by atoms with Crippen LogP contribution < -0.4 is 0 Å². The summed E-state index contributed by atoms with van der Waals surface area (Å²) in [4.78, 5) is 13.7. The van der Waals surface area contributed by atoms with Crippen molar-refractivity contribution in [3.05, 3.63) is 0 Å².